The summed E-state index contributed by atoms with van der Waals surface area (Å²) in [4.78, 5) is 0. The van der Waals surface area contributed by atoms with Gasteiger partial charge in [-0.3, -0.25) is 0 Å². The van der Waals surface area contributed by atoms with E-state index in [1.165, 1.54) is 0 Å². The van der Waals surface area contributed by atoms with Crippen LogP contribution in [0.25, 0.3) is 0 Å². The Bertz CT molecular complexity index is 283. The van der Waals surface area contributed by atoms with Crippen molar-refractivity contribution in [3.63, 3.8) is 0 Å². The monoisotopic (exact) mass is 193 g/mol. The lowest BCUT2D eigenvalue weighted by atomic mass is 9.98. The molecule has 0 aliphatic heterocycles. The lowest BCUT2D eigenvalue weighted by molar-refractivity contribution is 0.151. The van der Waals surface area contributed by atoms with Crippen LogP contribution < -0.4 is 5.73 Å². The third-order valence-electron chi connectivity index (χ3n) is 2.27. The molecule has 1 unspecified atom stereocenters. The Morgan fingerprint density at radius 1 is 1.36 bits per heavy atom. The zero-order valence-electron chi connectivity index (χ0n) is 8.90. The molecule has 1 rings (SSSR count). The quantitative estimate of drug-likeness (QED) is 0.770. The molecule has 0 heterocycles. The van der Waals surface area contributed by atoms with Crippen LogP contribution in [0.2, 0.25) is 0 Å². The molecular weight excluding hydrogens is 174 g/mol. The van der Waals surface area contributed by atoms with Crippen LogP contribution in [0.4, 0.5) is 0 Å². The van der Waals surface area contributed by atoms with Gasteiger partial charge in [0.1, 0.15) is 0 Å². The van der Waals surface area contributed by atoms with Gasteiger partial charge >= 0.3 is 0 Å². The maximum absolute atomic E-state index is 9.87. The molecule has 0 aliphatic rings. The Morgan fingerprint density at radius 2 is 2.07 bits per heavy atom. The smallest absolute Gasteiger partial charge is 0.0792 e. The van der Waals surface area contributed by atoms with Crippen LogP contribution in [0, 0.1) is 5.92 Å². The highest BCUT2D eigenvalue weighted by Gasteiger charge is 2.09. The van der Waals surface area contributed by atoms with Gasteiger partial charge in [0.05, 0.1) is 6.10 Å². The highest BCUT2D eigenvalue weighted by Crippen LogP contribution is 2.21. The fraction of sp³-hybridized carbons (Fsp3) is 0.500. The van der Waals surface area contributed by atoms with Gasteiger partial charge in [-0.05, 0) is 23.5 Å². The van der Waals surface area contributed by atoms with Gasteiger partial charge in [0, 0.05) is 6.54 Å². The van der Waals surface area contributed by atoms with E-state index in [1.54, 1.807) is 0 Å². The lowest BCUT2D eigenvalue weighted by Gasteiger charge is -2.14. The lowest BCUT2D eigenvalue weighted by Crippen LogP contribution is -2.03. The topological polar surface area (TPSA) is 46.2 Å². The Labute approximate surface area is 85.8 Å². The summed E-state index contributed by atoms with van der Waals surface area (Å²) in [5.41, 5.74) is 7.59. The van der Waals surface area contributed by atoms with Crippen LogP contribution in [0.1, 0.15) is 37.5 Å². The van der Waals surface area contributed by atoms with Crippen molar-refractivity contribution in [2.75, 3.05) is 0 Å². The number of rotatable bonds is 4. The zero-order valence-corrected chi connectivity index (χ0v) is 8.90. The molecular formula is C12H19NO. The normalized spacial score (nSPS) is 13.2. The van der Waals surface area contributed by atoms with Gasteiger partial charge in [-0.15, -0.1) is 0 Å². The molecule has 0 radical (unpaired) electrons. The van der Waals surface area contributed by atoms with Gasteiger partial charge in [0.15, 0.2) is 0 Å². The van der Waals surface area contributed by atoms with E-state index in [0.29, 0.717) is 12.5 Å². The van der Waals surface area contributed by atoms with E-state index in [1.807, 2.05) is 24.3 Å². The standard InChI is InChI=1S/C12H19NO/c1-9(2)6-12(14)11-5-3-4-10(7-11)8-13/h3-5,7,9,12,14H,6,8,13H2,1-2H3. The van der Waals surface area contributed by atoms with E-state index in [9.17, 15) is 5.11 Å². The number of aliphatic hydroxyl groups is 1. The Morgan fingerprint density at radius 3 is 2.64 bits per heavy atom. The third-order valence-corrected chi connectivity index (χ3v) is 2.27. The van der Waals surface area contributed by atoms with Crippen LogP contribution in [0.5, 0.6) is 0 Å². The highest BCUT2D eigenvalue weighted by molar-refractivity contribution is 5.24. The minimum absolute atomic E-state index is 0.360. The Kier molecular flexibility index (Phi) is 4.11. The molecule has 0 bridgehead atoms. The van der Waals surface area contributed by atoms with Crippen LogP contribution in [0.15, 0.2) is 24.3 Å². The Balaban J connectivity index is 2.73. The first-order valence-electron chi connectivity index (χ1n) is 5.10. The highest BCUT2D eigenvalue weighted by atomic mass is 16.3. The molecule has 3 N–H and O–H groups in total. The number of hydrogen-bond donors (Lipinski definition) is 2. The summed E-state index contributed by atoms with van der Waals surface area (Å²) < 4.78 is 0. The maximum atomic E-state index is 9.87. The predicted molar refractivity (Wildman–Crippen MR) is 58.7 cm³/mol. The SMILES string of the molecule is CC(C)CC(O)c1cccc(CN)c1. The molecule has 0 aromatic heterocycles. The van der Waals surface area contributed by atoms with Crippen LogP contribution in [-0.4, -0.2) is 5.11 Å². The van der Waals surface area contributed by atoms with E-state index < -0.39 is 0 Å². The fourth-order valence-electron chi connectivity index (χ4n) is 1.51. The molecule has 0 saturated carbocycles. The summed E-state index contributed by atoms with van der Waals surface area (Å²) >= 11 is 0. The summed E-state index contributed by atoms with van der Waals surface area (Å²) in [6, 6.07) is 7.85. The summed E-state index contributed by atoms with van der Waals surface area (Å²) in [7, 11) is 0. The molecule has 14 heavy (non-hydrogen) atoms. The van der Waals surface area contributed by atoms with Gasteiger partial charge in [-0.25, -0.2) is 0 Å². The average molecular weight is 193 g/mol. The van der Waals surface area contributed by atoms with Gasteiger partial charge in [0.25, 0.3) is 0 Å². The molecule has 1 aromatic rings. The van der Waals surface area contributed by atoms with E-state index in [4.69, 9.17) is 5.73 Å². The van der Waals surface area contributed by atoms with Crippen LogP contribution in [0.3, 0.4) is 0 Å². The second kappa shape index (κ2) is 5.13. The summed E-state index contributed by atoms with van der Waals surface area (Å²) in [5.74, 6) is 0.506. The molecule has 2 heteroatoms. The molecule has 1 atom stereocenters. The molecule has 78 valence electrons. The maximum Gasteiger partial charge on any atom is 0.0792 e. The van der Waals surface area contributed by atoms with Gasteiger partial charge in [0.2, 0.25) is 0 Å². The van der Waals surface area contributed by atoms with Crippen LogP contribution in [-0.2, 0) is 6.54 Å². The second-order valence-electron chi connectivity index (χ2n) is 4.09. The molecule has 0 amide bonds. The van der Waals surface area contributed by atoms with Gasteiger partial charge < -0.3 is 10.8 Å². The summed E-state index contributed by atoms with van der Waals surface area (Å²) in [6.07, 6.45) is 0.440. The Hall–Kier alpha value is -0.860. The largest absolute Gasteiger partial charge is 0.388 e. The fourth-order valence-corrected chi connectivity index (χ4v) is 1.51. The molecule has 0 spiro atoms. The molecule has 0 aliphatic carbocycles. The van der Waals surface area contributed by atoms with Crippen molar-refractivity contribution in [1.29, 1.82) is 0 Å². The summed E-state index contributed by atoms with van der Waals surface area (Å²) in [6.45, 7) is 4.74. The minimum atomic E-state index is -0.360. The first kappa shape index (κ1) is 11.2. The van der Waals surface area contributed by atoms with Crippen molar-refractivity contribution < 1.29 is 5.11 Å². The average Bonchev–Trinajstić information content (AvgIpc) is 2.17. The van der Waals surface area contributed by atoms with Crippen molar-refractivity contribution in [3.05, 3.63) is 35.4 Å². The number of benzene rings is 1. The van der Waals surface area contributed by atoms with Crippen molar-refractivity contribution in [2.24, 2.45) is 11.7 Å². The minimum Gasteiger partial charge on any atom is -0.388 e. The number of nitrogens with two attached hydrogens (primary N) is 1. The molecule has 1 aromatic carbocycles. The van der Waals surface area contributed by atoms with Gasteiger partial charge in [-0.2, -0.15) is 0 Å². The number of hydrogen-bond acceptors (Lipinski definition) is 2. The predicted octanol–water partition coefficient (Wildman–Crippen LogP) is 2.22. The van der Waals surface area contributed by atoms with Crippen molar-refractivity contribution in [2.45, 2.75) is 32.9 Å². The van der Waals surface area contributed by atoms with Crippen molar-refractivity contribution in [3.8, 4) is 0 Å². The molecule has 2 nitrogen and oxygen atoms in total. The number of aliphatic hydroxyl groups excluding tert-OH is 1. The van der Waals surface area contributed by atoms with E-state index >= 15 is 0 Å². The molecule has 0 fully saturated rings. The van der Waals surface area contributed by atoms with E-state index in [0.717, 1.165) is 17.5 Å². The van der Waals surface area contributed by atoms with Crippen LogP contribution >= 0.6 is 0 Å². The third kappa shape index (κ3) is 3.13. The van der Waals surface area contributed by atoms with E-state index in [2.05, 4.69) is 13.8 Å². The zero-order chi connectivity index (χ0) is 10.6. The van der Waals surface area contributed by atoms with Gasteiger partial charge in [-0.1, -0.05) is 38.1 Å². The first-order chi connectivity index (χ1) is 6.63. The summed E-state index contributed by atoms with van der Waals surface area (Å²) in [5, 5.41) is 9.87. The molecule has 0 saturated heterocycles. The van der Waals surface area contributed by atoms with Crippen molar-refractivity contribution >= 4 is 0 Å². The van der Waals surface area contributed by atoms with E-state index in [-0.39, 0.29) is 6.10 Å². The first-order valence-corrected chi connectivity index (χ1v) is 5.10. The van der Waals surface area contributed by atoms with Crippen molar-refractivity contribution in [1.82, 2.24) is 0 Å². The second-order valence-corrected chi connectivity index (χ2v) is 4.09.